The Balaban J connectivity index is 1.42. The molecule has 0 spiro atoms. The molecule has 4 nitrogen and oxygen atoms in total. The summed E-state index contributed by atoms with van der Waals surface area (Å²) in [6, 6.07) is 24.1. The second-order valence-electron chi connectivity index (χ2n) is 6.09. The van der Waals surface area contributed by atoms with Crippen LogP contribution in [0.5, 0.6) is 0 Å². The van der Waals surface area contributed by atoms with Crippen LogP contribution in [0.2, 0.25) is 0 Å². The lowest BCUT2D eigenvalue weighted by Crippen LogP contribution is -2.25. The first-order chi connectivity index (χ1) is 12.8. The first-order valence-electron chi connectivity index (χ1n) is 8.87. The van der Waals surface area contributed by atoms with Gasteiger partial charge >= 0.3 is 0 Å². The molecule has 3 rings (SSSR count). The highest BCUT2D eigenvalue weighted by molar-refractivity contribution is 5.94. The van der Waals surface area contributed by atoms with Crippen LogP contribution in [0.3, 0.4) is 0 Å². The third kappa shape index (κ3) is 5.45. The van der Waals surface area contributed by atoms with Crippen molar-refractivity contribution in [1.82, 2.24) is 10.3 Å². The molecule has 0 aliphatic heterocycles. The quantitative estimate of drug-likeness (QED) is 0.654. The van der Waals surface area contributed by atoms with Crippen molar-refractivity contribution in [3.63, 3.8) is 0 Å². The molecule has 0 bridgehead atoms. The molecule has 0 unspecified atom stereocenters. The van der Waals surface area contributed by atoms with E-state index in [-0.39, 0.29) is 5.91 Å². The van der Waals surface area contributed by atoms with Crippen molar-refractivity contribution in [2.75, 3.05) is 18.4 Å². The Kier molecular flexibility index (Phi) is 6.37. The number of carbonyl (C=O) groups excluding carboxylic acids is 1. The van der Waals surface area contributed by atoms with E-state index in [1.165, 1.54) is 11.1 Å². The lowest BCUT2D eigenvalue weighted by Gasteiger charge is -2.08. The fourth-order valence-corrected chi connectivity index (χ4v) is 2.68. The van der Waals surface area contributed by atoms with Crippen LogP contribution in [0.1, 0.15) is 21.5 Å². The number of carbonyl (C=O) groups is 1. The Morgan fingerprint density at radius 3 is 1.96 bits per heavy atom. The van der Waals surface area contributed by atoms with Gasteiger partial charge in [0.05, 0.1) is 5.56 Å². The summed E-state index contributed by atoms with van der Waals surface area (Å²) in [5.74, 6) is 0.686. The first-order valence-corrected chi connectivity index (χ1v) is 8.87. The molecule has 0 aliphatic rings. The maximum absolute atomic E-state index is 12.2. The number of anilines is 1. The van der Waals surface area contributed by atoms with Crippen LogP contribution in [0.15, 0.2) is 79.0 Å². The summed E-state index contributed by atoms with van der Waals surface area (Å²) in [4.78, 5) is 16.5. The number of hydrogen-bond acceptors (Lipinski definition) is 3. The Morgan fingerprint density at radius 1 is 0.769 bits per heavy atom. The van der Waals surface area contributed by atoms with Crippen LogP contribution < -0.4 is 10.6 Å². The van der Waals surface area contributed by atoms with Crippen molar-refractivity contribution in [2.24, 2.45) is 0 Å². The molecular formula is C22H23N3O. The highest BCUT2D eigenvalue weighted by Crippen LogP contribution is 2.06. The maximum Gasteiger partial charge on any atom is 0.252 e. The predicted molar refractivity (Wildman–Crippen MR) is 105 cm³/mol. The summed E-state index contributed by atoms with van der Waals surface area (Å²) in [5, 5.41) is 6.21. The van der Waals surface area contributed by atoms with E-state index in [1.54, 1.807) is 12.3 Å². The molecule has 132 valence electrons. The maximum atomic E-state index is 12.2. The molecule has 0 saturated carbocycles. The Bertz CT molecular complexity index is 802. The van der Waals surface area contributed by atoms with Crippen molar-refractivity contribution < 1.29 is 4.79 Å². The van der Waals surface area contributed by atoms with E-state index in [0.29, 0.717) is 12.1 Å². The van der Waals surface area contributed by atoms with Crippen LogP contribution in [-0.2, 0) is 12.8 Å². The lowest BCUT2D eigenvalue weighted by atomic mass is 10.1. The van der Waals surface area contributed by atoms with Gasteiger partial charge in [-0.1, -0.05) is 60.7 Å². The molecule has 1 heterocycles. The van der Waals surface area contributed by atoms with E-state index in [0.717, 1.165) is 25.2 Å². The molecule has 4 heteroatoms. The minimum Gasteiger partial charge on any atom is -0.370 e. The fourth-order valence-electron chi connectivity index (χ4n) is 2.68. The summed E-state index contributed by atoms with van der Waals surface area (Å²) >= 11 is 0. The normalized spacial score (nSPS) is 10.3. The molecule has 2 N–H and O–H groups in total. The van der Waals surface area contributed by atoms with Gasteiger partial charge in [0.25, 0.3) is 5.91 Å². The summed E-state index contributed by atoms with van der Waals surface area (Å²) in [6.07, 6.45) is 3.37. The SMILES string of the molecule is O=C(NCCc1ccccc1)c1ccc(NCCc2ccccc2)nc1. The van der Waals surface area contributed by atoms with Crippen molar-refractivity contribution in [2.45, 2.75) is 12.8 Å². The van der Waals surface area contributed by atoms with Gasteiger partial charge in [0.1, 0.15) is 5.82 Å². The zero-order chi connectivity index (χ0) is 18.0. The highest BCUT2D eigenvalue weighted by atomic mass is 16.1. The summed E-state index contributed by atoms with van der Waals surface area (Å²) in [7, 11) is 0. The average Bonchev–Trinajstić information content (AvgIpc) is 2.70. The number of rotatable bonds is 8. The van der Waals surface area contributed by atoms with Gasteiger partial charge in [-0.05, 0) is 36.1 Å². The monoisotopic (exact) mass is 345 g/mol. The molecule has 0 fully saturated rings. The van der Waals surface area contributed by atoms with E-state index in [4.69, 9.17) is 0 Å². The molecule has 0 radical (unpaired) electrons. The predicted octanol–water partition coefficient (Wildman–Crippen LogP) is 3.71. The number of benzene rings is 2. The number of nitrogens with zero attached hydrogens (tertiary/aromatic N) is 1. The van der Waals surface area contributed by atoms with Crippen LogP contribution >= 0.6 is 0 Å². The van der Waals surface area contributed by atoms with E-state index in [1.807, 2.05) is 42.5 Å². The molecule has 1 amide bonds. The molecule has 0 saturated heterocycles. The van der Waals surface area contributed by atoms with Crippen LogP contribution in [0.4, 0.5) is 5.82 Å². The zero-order valence-electron chi connectivity index (χ0n) is 14.7. The largest absolute Gasteiger partial charge is 0.370 e. The standard InChI is InChI=1S/C22H23N3O/c26-22(24-16-14-19-9-5-2-6-10-19)20-11-12-21(25-17-20)23-15-13-18-7-3-1-4-8-18/h1-12,17H,13-16H2,(H,23,25)(H,24,26). The van der Waals surface area contributed by atoms with Crippen molar-refractivity contribution in [3.05, 3.63) is 95.7 Å². The number of amides is 1. The van der Waals surface area contributed by atoms with Gasteiger partial charge in [-0.25, -0.2) is 4.98 Å². The third-order valence-electron chi connectivity index (χ3n) is 4.13. The van der Waals surface area contributed by atoms with Gasteiger partial charge in [0.15, 0.2) is 0 Å². The number of hydrogen-bond donors (Lipinski definition) is 2. The Labute approximate surface area is 154 Å². The molecule has 0 aliphatic carbocycles. The van der Waals surface area contributed by atoms with Crippen LogP contribution in [0.25, 0.3) is 0 Å². The van der Waals surface area contributed by atoms with Gasteiger partial charge in [0, 0.05) is 19.3 Å². The van der Waals surface area contributed by atoms with Crippen LogP contribution in [-0.4, -0.2) is 24.0 Å². The van der Waals surface area contributed by atoms with E-state index >= 15 is 0 Å². The van der Waals surface area contributed by atoms with Gasteiger partial charge in [0.2, 0.25) is 0 Å². The van der Waals surface area contributed by atoms with E-state index in [9.17, 15) is 4.79 Å². The number of aromatic nitrogens is 1. The van der Waals surface area contributed by atoms with E-state index < -0.39 is 0 Å². The van der Waals surface area contributed by atoms with Crippen molar-refractivity contribution in [1.29, 1.82) is 0 Å². The van der Waals surface area contributed by atoms with Gasteiger partial charge in [-0.3, -0.25) is 4.79 Å². The molecule has 3 aromatic rings. The Morgan fingerprint density at radius 2 is 1.38 bits per heavy atom. The van der Waals surface area contributed by atoms with Gasteiger partial charge in [-0.15, -0.1) is 0 Å². The summed E-state index contributed by atoms with van der Waals surface area (Å²) in [5.41, 5.74) is 3.07. The van der Waals surface area contributed by atoms with E-state index in [2.05, 4.69) is 39.9 Å². The van der Waals surface area contributed by atoms with Crippen molar-refractivity contribution in [3.8, 4) is 0 Å². The molecular weight excluding hydrogens is 322 g/mol. The molecule has 26 heavy (non-hydrogen) atoms. The zero-order valence-corrected chi connectivity index (χ0v) is 14.7. The second-order valence-corrected chi connectivity index (χ2v) is 6.09. The van der Waals surface area contributed by atoms with Gasteiger partial charge < -0.3 is 10.6 Å². The first kappa shape index (κ1) is 17.7. The Hall–Kier alpha value is -3.14. The molecule has 2 aromatic carbocycles. The number of nitrogens with one attached hydrogen (secondary N) is 2. The fraction of sp³-hybridized carbons (Fsp3) is 0.182. The third-order valence-corrected chi connectivity index (χ3v) is 4.13. The van der Waals surface area contributed by atoms with Crippen LogP contribution in [0, 0.1) is 0 Å². The minimum absolute atomic E-state index is 0.0933. The summed E-state index contributed by atoms with van der Waals surface area (Å²) < 4.78 is 0. The smallest absolute Gasteiger partial charge is 0.252 e. The average molecular weight is 345 g/mol. The second kappa shape index (κ2) is 9.37. The topological polar surface area (TPSA) is 54.0 Å². The summed E-state index contributed by atoms with van der Waals surface area (Å²) in [6.45, 7) is 1.42. The number of pyridine rings is 1. The highest BCUT2D eigenvalue weighted by Gasteiger charge is 2.05. The van der Waals surface area contributed by atoms with Gasteiger partial charge in [-0.2, -0.15) is 0 Å². The minimum atomic E-state index is -0.0933. The molecule has 1 aromatic heterocycles. The van der Waals surface area contributed by atoms with Crippen molar-refractivity contribution >= 4 is 11.7 Å². The lowest BCUT2D eigenvalue weighted by molar-refractivity contribution is 0.0954. The molecule has 0 atom stereocenters.